The number of carbonyl (C=O) groups excluding carboxylic acids is 1. The van der Waals surface area contributed by atoms with E-state index in [1.165, 1.54) is 18.3 Å². The second kappa shape index (κ2) is 6.78. The fraction of sp³-hybridized carbons (Fsp3) is 0.143. The maximum absolute atomic E-state index is 12.2. The van der Waals surface area contributed by atoms with Crippen LogP contribution < -0.4 is 10.1 Å². The lowest BCUT2D eigenvalue weighted by Gasteiger charge is -2.12. The molecule has 1 aromatic carbocycles. The van der Waals surface area contributed by atoms with Crippen LogP contribution in [0, 0.1) is 0 Å². The molecule has 0 spiro atoms. The molecule has 0 aliphatic carbocycles. The van der Waals surface area contributed by atoms with Gasteiger partial charge in [0.25, 0.3) is 5.91 Å². The van der Waals surface area contributed by atoms with E-state index in [0.29, 0.717) is 5.69 Å². The smallest absolute Gasteiger partial charge is 0.422 e. The molecule has 0 saturated carbocycles. The minimum Gasteiger partial charge on any atom is -0.467 e. The molecule has 1 aromatic heterocycles. The number of carbonyl (C=O) groups is 1. The van der Waals surface area contributed by atoms with Crippen molar-refractivity contribution in [1.29, 1.82) is 0 Å². The highest BCUT2D eigenvalue weighted by Gasteiger charge is 2.29. The van der Waals surface area contributed by atoms with Gasteiger partial charge in [-0.25, -0.2) is 4.98 Å². The molecule has 1 heterocycles. The number of nitrogens with one attached hydrogen (secondary N) is 1. The summed E-state index contributed by atoms with van der Waals surface area (Å²) in [6.45, 7) is -1.51. The summed E-state index contributed by atoms with van der Waals surface area (Å²) in [5.41, 5.74) is 0.414. The van der Waals surface area contributed by atoms with E-state index in [1.807, 2.05) is 0 Å². The lowest BCUT2D eigenvalue weighted by atomic mass is 10.2. The number of hydrogen-bond donors (Lipinski definition) is 1. The summed E-state index contributed by atoms with van der Waals surface area (Å²) in [5, 5.41) is 2.57. The normalized spacial score (nSPS) is 11.1. The average molecular weight is 375 g/mol. The summed E-state index contributed by atoms with van der Waals surface area (Å²) in [7, 11) is 0. The molecule has 1 N–H and O–H groups in total. The van der Waals surface area contributed by atoms with E-state index in [1.54, 1.807) is 24.3 Å². The first-order valence-electron chi connectivity index (χ1n) is 6.06. The summed E-state index contributed by atoms with van der Waals surface area (Å²) >= 11 is 3.26. The second-order valence-electron chi connectivity index (χ2n) is 4.22. The van der Waals surface area contributed by atoms with Gasteiger partial charge in [0, 0.05) is 16.4 Å². The number of anilines is 1. The highest BCUT2D eigenvalue weighted by atomic mass is 79.9. The third-order valence-corrected chi connectivity index (χ3v) is 2.96. The Morgan fingerprint density at radius 2 is 2.05 bits per heavy atom. The van der Waals surface area contributed by atoms with Crippen molar-refractivity contribution < 1.29 is 22.7 Å². The van der Waals surface area contributed by atoms with Gasteiger partial charge in [-0.2, -0.15) is 13.2 Å². The Balaban J connectivity index is 2.15. The maximum Gasteiger partial charge on any atom is 0.422 e. The molecular weight excluding hydrogens is 365 g/mol. The fourth-order valence-corrected chi connectivity index (χ4v) is 1.99. The van der Waals surface area contributed by atoms with E-state index in [-0.39, 0.29) is 11.4 Å². The Morgan fingerprint density at radius 1 is 1.27 bits per heavy atom. The van der Waals surface area contributed by atoms with Gasteiger partial charge in [-0.15, -0.1) is 0 Å². The average Bonchev–Trinajstić information content (AvgIpc) is 2.44. The number of ether oxygens (including phenoxy) is 1. The Labute approximate surface area is 132 Å². The Kier molecular flexibility index (Phi) is 5.02. The van der Waals surface area contributed by atoms with E-state index in [4.69, 9.17) is 0 Å². The number of halogens is 4. The van der Waals surface area contributed by atoms with Crippen molar-refractivity contribution in [1.82, 2.24) is 4.98 Å². The topological polar surface area (TPSA) is 51.2 Å². The van der Waals surface area contributed by atoms with E-state index in [2.05, 4.69) is 31.0 Å². The molecule has 2 aromatic rings. The molecular formula is C14H10BrF3N2O2. The molecule has 0 fully saturated rings. The highest BCUT2D eigenvalue weighted by molar-refractivity contribution is 9.10. The third-order valence-electron chi connectivity index (χ3n) is 2.47. The first-order chi connectivity index (χ1) is 10.3. The second-order valence-corrected chi connectivity index (χ2v) is 5.14. The quantitative estimate of drug-likeness (QED) is 0.878. The number of pyridine rings is 1. The van der Waals surface area contributed by atoms with Crippen LogP contribution in [0.3, 0.4) is 0 Å². The van der Waals surface area contributed by atoms with Crippen molar-refractivity contribution in [2.45, 2.75) is 6.18 Å². The van der Waals surface area contributed by atoms with E-state index in [0.717, 1.165) is 4.47 Å². The van der Waals surface area contributed by atoms with Gasteiger partial charge in [0.2, 0.25) is 5.88 Å². The Bertz CT molecular complexity index is 677. The van der Waals surface area contributed by atoms with Crippen LogP contribution in [-0.4, -0.2) is 23.7 Å². The molecule has 0 unspecified atom stereocenters. The molecule has 0 saturated heterocycles. The zero-order chi connectivity index (χ0) is 16.2. The van der Waals surface area contributed by atoms with Crippen molar-refractivity contribution in [3.63, 3.8) is 0 Å². The molecule has 4 nitrogen and oxygen atoms in total. The number of nitrogens with zero attached hydrogens (tertiary/aromatic N) is 1. The molecule has 0 radical (unpaired) electrons. The monoisotopic (exact) mass is 374 g/mol. The van der Waals surface area contributed by atoms with Crippen LogP contribution in [0.25, 0.3) is 0 Å². The molecule has 0 bridgehead atoms. The SMILES string of the molecule is O=C(Nc1cccc(Br)c1)c1cccnc1OCC(F)(F)F. The molecule has 0 aliphatic rings. The summed E-state index contributed by atoms with van der Waals surface area (Å²) in [6, 6.07) is 9.57. The van der Waals surface area contributed by atoms with Gasteiger partial charge in [0.15, 0.2) is 6.61 Å². The number of aromatic nitrogens is 1. The molecule has 116 valence electrons. The van der Waals surface area contributed by atoms with Gasteiger partial charge in [0.1, 0.15) is 5.56 Å². The Hall–Kier alpha value is -2.09. The predicted molar refractivity (Wildman–Crippen MR) is 77.9 cm³/mol. The van der Waals surface area contributed by atoms with Crippen LogP contribution in [0.2, 0.25) is 0 Å². The standard InChI is InChI=1S/C14H10BrF3N2O2/c15-9-3-1-4-10(7-9)20-12(21)11-5-2-6-19-13(11)22-8-14(16,17)18/h1-7H,8H2,(H,20,21). The predicted octanol–water partition coefficient (Wildman–Crippen LogP) is 4.04. The minimum atomic E-state index is -4.50. The number of benzene rings is 1. The molecule has 0 atom stereocenters. The summed E-state index contributed by atoms with van der Waals surface area (Å²) in [5.74, 6) is -0.976. The number of hydrogen-bond acceptors (Lipinski definition) is 3. The van der Waals surface area contributed by atoms with Gasteiger partial charge in [-0.05, 0) is 30.3 Å². The summed E-state index contributed by atoms with van der Waals surface area (Å²) in [4.78, 5) is 15.8. The van der Waals surface area contributed by atoms with Gasteiger partial charge in [-0.1, -0.05) is 22.0 Å². The van der Waals surface area contributed by atoms with Gasteiger partial charge < -0.3 is 10.1 Å². The largest absolute Gasteiger partial charge is 0.467 e. The highest BCUT2D eigenvalue weighted by Crippen LogP contribution is 2.22. The summed E-state index contributed by atoms with van der Waals surface area (Å²) < 4.78 is 42.0. The van der Waals surface area contributed by atoms with Crippen molar-refractivity contribution in [3.8, 4) is 5.88 Å². The van der Waals surface area contributed by atoms with Crippen molar-refractivity contribution in [2.75, 3.05) is 11.9 Å². The van der Waals surface area contributed by atoms with E-state index >= 15 is 0 Å². The number of rotatable bonds is 4. The van der Waals surface area contributed by atoms with Crippen LogP contribution in [0.5, 0.6) is 5.88 Å². The Morgan fingerprint density at radius 3 is 2.73 bits per heavy atom. The zero-order valence-electron chi connectivity index (χ0n) is 11.0. The molecule has 1 amide bonds. The van der Waals surface area contributed by atoms with Crippen molar-refractivity contribution in [2.24, 2.45) is 0 Å². The number of alkyl halides is 3. The first kappa shape index (κ1) is 16.3. The maximum atomic E-state index is 12.2. The van der Waals surface area contributed by atoms with Crippen LogP contribution >= 0.6 is 15.9 Å². The third kappa shape index (κ3) is 4.73. The molecule has 8 heteroatoms. The lowest BCUT2D eigenvalue weighted by molar-refractivity contribution is -0.154. The van der Waals surface area contributed by atoms with Crippen LogP contribution in [0.1, 0.15) is 10.4 Å². The zero-order valence-corrected chi connectivity index (χ0v) is 12.6. The van der Waals surface area contributed by atoms with Gasteiger partial charge in [0.05, 0.1) is 0 Å². The van der Waals surface area contributed by atoms with Crippen LogP contribution in [-0.2, 0) is 0 Å². The van der Waals surface area contributed by atoms with Gasteiger partial charge >= 0.3 is 6.18 Å². The number of amides is 1. The summed E-state index contributed by atoms with van der Waals surface area (Å²) in [6.07, 6.45) is -3.25. The molecule has 0 aliphatic heterocycles. The first-order valence-corrected chi connectivity index (χ1v) is 6.86. The van der Waals surface area contributed by atoms with Crippen LogP contribution in [0.15, 0.2) is 47.1 Å². The lowest BCUT2D eigenvalue weighted by Crippen LogP contribution is -2.21. The fourth-order valence-electron chi connectivity index (χ4n) is 1.59. The van der Waals surface area contributed by atoms with E-state index < -0.39 is 18.7 Å². The van der Waals surface area contributed by atoms with Crippen LogP contribution in [0.4, 0.5) is 18.9 Å². The van der Waals surface area contributed by atoms with E-state index in [9.17, 15) is 18.0 Å². The molecule has 2 rings (SSSR count). The minimum absolute atomic E-state index is 0.0771. The van der Waals surface area contributed by atoms with Crippen molar-refractivity contribution in [3.05, 3.63) is 52.6 Å². The van der Waals surface area contributed by atoms with Crippen molar-refractivity contribution >= 4 is 27.5 Å². The molecule has 22 heavy (non-hydrogen) atoms. The van der Waals surface area contributed by atoms with Gasteiger partial charge in [-0.3, -0.25) is 4.79 Å².